The van der Waals surface area contributed by atoms with Crippen LogP contribution in [0.2, 0.25) is 0 Å². The van der Waals surface area contributed by atoms with Crippen molar-refractivity contribution < 1.29 is 18.3 Å². The first-order chi connectivity index (χ1) is 9.62. The molecule has 1 aromatic rings. The van der Waals surface area contributed by atoms with Crippen LogP contribution in [0.3, 0.4) is 0 Å². The second kappa shape index (κ2) is 5.42. The van der Waals surface area contributed by atoms with Gasteiger partial charge in [-0.2, -0.15) is 4.31 Å². The van der Waals surface area contributed by atoms with Gasteiger partial charge in [0.15, 0.2) is 0 Å². The molecule has 1 N–H and O–H groups in total. The van der Waals surface area contributed by atoms with E-state index in [0.717, 1.165) is 5.56 Å². The molecular formula is C15H21NO4S. The third kappa shape index (κ3) is 3.27. The molecule has 1 unspecified atom stereocenters. The second-order valence-corrected chi connectivity index (χ2v) is 8.40. The van der Waals surface area contributed by atoms with Crippen LogP contribution in [-0.4, -0.2) is 36.9 Å². The van der Waals surface area contributed by atoms with E-state index in [2.05, 4.69) is 20.8 Å². The molecule has 1 aliphatic heterocycles. The molecule has 0 spiro atoms. The lowest BCUT2D eigenvalue weighted by molar-refractivity contribution is -0.141. The largest absolute Gasteiger partial charge is 0.481 e. The smallest absolute Gasteiger partial charge is 0.307 e. The molecule has 21 heavy (non-hydrogen) atoms. The van der Waals surface area contributed by atoms with Gasteiger partial charge in [-0.15, -0.1) is 0 Å². The lowest BCUT2D eigenvalue weighted by atomic mass is 9.87. The van der Waals surface area contributed by atoms with Crippen molar-refractivity contribution in [3.8, 4) is 0 Å². The van der Waals surface area contributed by atoms with E-state index in [1.807, 2.05) is 12.1 Å². The van der Waals surface area contributed by atoms with Gasteiger partial charge in [0.05, 0.1) is 10.8 Å². The van der Waals surface area contributed by atoms with Gasteiger partial charge in [0.1, 0.15) is 0 Å². The molecule has 1 aromatic carbocycles. The summed E-state index contributed by atoms with van der Waals surface area (Å²) in [7, 11) is -3.60. The fourth-order valence-corrected chi connectivity index (χ4v) is 3.92. The average molecular weight is 311 g/mol. The quantitative estimate of drug-likeness (QED) is 0.927. The molecule has 0 bridgehead atoms. The summed E-state index contributed by atoms with van der Waals surface area (Å²) in [5.74, 6) is -1.54. The number of rotatable bonds is 3. The Hall–Kier alpha value is -1.40. The molecule has 5 nitrogen and oxygen atoms in total. The fourth-order valence-electron chi connectivity index (χ4n) is 2.42. The van der Waals surface area contributed by atoms with Crippen molar-refractivity contribution in [3.05, 3.63) is 29.8 Å². The number of hydrogen-bond donors (Lipinski definition) is 1. The number of sulfonamides is 1. The average Bonchev–Trinajstić information content (AvgIpc) is 2.88. The van der Waals surface area contributed by atoms with Crippen molar-refractivity contribution >= 4 is 16.0 Å². The third-order valence-corrected chi connectivity index (χ3v) is 5.74. The van der Waals surface area contributed by atoms with Crippen LogP contribution in [-0.2, 0) is 20.2 Å². The molecule has 0 saturated carbocycles. The molecule has 2 rings (SSSR count). The minimum atomic E-state index is -3.60. The summed E-state index contributed by atoms with van der Waals surface area (Å²) in [6.45, 7) is 6.51. The van der Waals surface area contributed by atoms with Gasteiger partial charge >= 0.3 is 5.97 Å². The van der Waals surface area contributed by atoms with Gasteiger partial charge in [0.2, 0.25) is 10.0 Å². The lowest BCUT2D eigenvalue weighted by Gasteiger charge is -2.20. The van der Waals surface area contributed by atoms with Crippen LogP contribution in [0.5, 0.6) is 0 Å². The van der Waals surface area contributed by atoms with Gasteiger partial charge < -0.3 is 5.11 Å². The van der Waals surface area contributed by atoms with Crippen molar-refractivity contribution in [2.45, 2.75) is 37.5 Å². The minimum absolute atomic E-state index is 0.0374. The van der Waals surface area contributed by atoms with Gasteiger partial charge in [-0.3, -0.25) is 4.79 Å². The van der Waals surface area contributed by atoms with Crippen molar-refractivity contribution in [2.24, 2.45) is 5.92 Å². The SMILES string of the molecule is CC(C)(C)c1ccc(S(=O)(=O)N2CCC(C(=O)O)C2)cc1. The molecule has 0 aromatic heterocycles. The molecule has 1 saturated heterocycles. The standard InChI is InChI=1S/C15H21NO4S/c1-15(2,3)12-4-6-13(7-5-12)21(19,20)16-9-8-11(10-16)14(17)18/h4-7,11H,8-10H2,1-3H3,(H,17,18). The molecule has 0 radical (unpaired) electrons. The highest BCUT2D eigenvalue weighted by Gasteiger charge is 2.35. The third-order valence-electron chi connectivity index (χ3n) is 3.86. The maximum Gasteiger partial charge on any atom is 0.307 e. The number of hydrogen-bond acceptors (Lipinski definition) is 3. The van der Waals surface area contributed by atoms with Crippen LogP contribution in [0.25, 0.3) is 0 Å². The van der Waals surface area contributed by atoms with Crippen molar-refractivity contribution in [1.29, 1.82) is 0 Å². The monoisotopic (exact) mass is 311 g/mol. The molecule has 116 valence electrons. The number of carboxylic acids is 1. The molecule has 1 heterocycles. The highest BCUT2D eigenvalue weighted by atomic mass is 32.2. The van der Waals surface area contributed by atoms with E-state index in [4.69, 9.17) is 5.11 Å². The van der Waals surface area contributed by atoms with E-state index in [9.17, 15) is 13.2 Å². The number of aliphatic carboxylic acids is 1. The van der Waals surface area contributed by atoms with Crippen molar-refractivity contribution in [3.63, 3.8) is 0 Å². The second-order valence-electron chi connectivity index (χ2n) is 6.46. The summed E-state index contributed by atoms with van der Waals surface area (Å²) >= 11 is 0. The molecule has 1 atom stereocenters. The van der Waals surface area contributed by atoms with E-state index in [0.29, 0.717) is 6.42 Å². The maximum atomic E-state index is 12.5. The zero-order valence-electron chi connectivity index (χ0n) is 12.5. The van der Waals surface area contributed by atoms with E-state index in [1.165, 1.54) is 4.31 Å². The molecule has 1 aliphatic rings. The number of carboxylic acid groups (broad SMARTS) is 1. The van der Waals surface area contributed by atoms with Gasteiger partial charge in [0, 0.05) is 13.1 Å². The highest BCUT2D eigenvalue weighted by Crippen LogP contribution is 2.27. The summed E-state index contributed by atoms with van der Waals surface area (Å²) in [5.41, 5.74) is 1.02. The summed E-state index contributed by atoms with van der Waals surface area (Å²) in [5, 5.41) is 8.97. The first-order valence-corrected chi connectivity index (χ1v) is 8.40. The van der Waals surface area contributed by atoms with Crippen LogP contribution in [0.15, 0.2) is 29.2 Å². The van der Waals surface area contributed by atoms with Crippen LogP contribution >= 0.6 is 0 Å². The summed E-state index contributed by atoms with van der Waals surface area (Å²) in [6.07, 6.45) is 0.370. The van der Waals surface area contributed by atoms with E-state index >= 15 is 0 Å². The zero-order chi connectivity index (χ0) is 15.8. The summed E-state index contributed by atoms with van der Waals surface area (Å²) < 4.78 is 26.3. The molecule has 0 amide bonds. The Morgan fingerprint density at radius 1 is 1.24 bits per heavy atom. The Kier molecular flexibility index (Phi) is 4.13. The Balaban J connectivity index is 2.23. The molecule has 6 heteroatoms. The van der Waals surface area contributed by atoms with Crippen molar-refractivity contribution in [1.82, 2.24) is 4.31 Å². The normalized spacial score (nSPS) is 20.6. The minimum Gasteiger partial charge on any atom is -0.481 e. The van der Waals surface area contributed by atoms with Crippen LogP contribution in [0.4, 0.5) is 0 Å². The van der Waals surface area contributed by atoms with Gasteiger partial charge in [-0.05, 0) is 29.5 Å². The topological polar surface area (TPSA) is 74.7 Å². The Morgan fingerprint density at radius 2 is 1.81 bits per heavy atom. The van der Waals surface area contributed by atoms with E-state index in [1.54, 1.807) is 12.1 Å². The number of carbonyl (C=O) groups is 1. The van der Waals surface area contributed by atoms with E-state index in [-0.39, 0.29) is 23.4 Å². The van der Waals surface area contributed by atoms with Gasteiger partial charge in [-0.25, -0.2) is 8.42 Å². The first-order valence-electron chi connectivity index (χ1n) is 6.96. The predicted octanol–water partition coefficient (Wildman–Crippen LogP) is 2.08. The van der Waals surface area contributed by atoms with Crippen LogP contribution in [0, 0.1) is 5.92 Å². The number of nitrogens with zero attached hydrogens (tertiary/aromatic N) is 1. The van der Waals surface area contributed by atoms with Gasteiger partial charge in [-0.1, -0.05) is 32.9 Å². The van der Waals surface area contributed by atoms with E-state index < -0.39 is 21.9 Å². The van der Waals surface area contributed by atoms with Crippen LogP contribution in [0.1, 0.15) is 32.8 Å². The Bertz CT molecular complexity index is 629. The molecule has 0 aliphatic carbocycles. The maximum absolute atomic E-state index is 12.5. The Morgan fingerprint density at radius 3 is 2.24 bits per heavy atom. The Labute approximate surface area is 125 Å². The summed E-state index contributed by atoms with van der Waals surface area (Å²) in [4.78, 5) is 11.2. The molecule has 1 fully saturated rings. The zero-order valence-corrected chi connectivity index (χ0v) is 13.4. The van der Waals surface area contributed by atoms with Crippen molar-refractivity contribution in [2.75, 3.05) is 13.1 Å². The first kappa shape index (κ1) is 16.0. The highest BCUT2D eigenvalue weighted by molar-refractivity contribution is 7.89. The molecular weight excluding hydrogens is 290 g/mol. The van der Waals surface area contributed by atoms with Crippen LogP contribution < -0.4 is 0 Å². The van der Waals surface area contributed by atoms with Gasteiger partial charge in [0.25, 0.3) is 0 Å². The lowest BCUT2D eigenvalue weighted by Crippen LogP contribution is -2.30. The number of benzene rings is 1. The fraction of sp³-hybridized carbons (Fsp3) is 0.533. The predicted molar refractivity (Wildman–Crippen MR) is 79.6 cm³/mol. The summed E-state index contributed by atoms with van der Waals surface area (Å²) in [6, 6.07) is 6.84.